The number of carbonyl (C=O) groups is 2. The van der Waals surface area contributed by atoms with Crippen molar-refractivity contribution in [1.82, 2.24) is 14.7 Å². The molecule has 0 bridgehead atoms. The number of carbonyl (C=O) groups excluding carboxylic acids is 2. The number of benzene rings is 2. The second-order valence-corrected chi connectivity index (χ2v) is 7.28. The summed E-state index contributed by atoms with van der Waals surface area (Å²) in [4.78, 5) is 26.3. The van der Waals surface area contributed by atoms with E-state index >= 15 is 0 Å². The summed E-state index contributed by atoms with van der Waals surface area (Å²) in [7, 11) is 0. The molecule has 0 unspecified atom stereocenters. The Kier molecular flexibility index (Phi) is 5.47. The molecule has 1 aromatic heterocycles. The van der Waals surface area contributed by atoms with Gasteiger partial charge in [0, 0.05) is 29.2 Å². The zero-order valence-electron chi connectivity index (χ0n) is 16.0. The highest BCUT2D eigenvalue weighted by molar-refractivity contribution is 6.30. The van der Waals surface area contributed by atoms with E-state index in [0.717, 1.165) is 16.9 Å². The van der Waals surface area contributed by atoms with Crippen LogP contribution in [-0.2, 0) is 4.74 Å². The van der Waals surface area contributed by atoms with Gasteiger partial charge in [-0.15, -0.1) is 0 Å². The first kappa shape index (κ1) is 19.4. The van der Waals surface area contributed by atoms with E-state index in [0.29, 0.717) is 42.6 Å². The molecule has 0 aliphatic carbocycles. The van der Waals surface area contributed by atoms with E-state index in [4.69, 9.17) is 16.3 Å². The van der Waals surface area contributed by atoms with Gasteiger partial charge in [0.1, 0.15) is 0 Å². The number of morpholine rings is 1. The van der Waals surface area contributed by atoms with Crippen LogP contribution in [0.15, 0.2) is 54.6 Å². The van der Waals surface area contributed by atoms with Crippen molar-refractivity contribution >= 4 is 23.3 Å². The summed E-state index contributed by atoms with van der Waals surface area (Å²) in [6.45, 7) is 3.69. The summed E-state index contributed by atoms with van der Waals surface area (Å²) >= 11 is 6.03. The van der Waals surface area contributed by atoms with E-state index in [2.05, 4.69) is 5.10 Å². The van der Waals surface area contributed by atoms with E-state index in [9.17, 15) is 9.59 Å². The van der Waals surface area contributed by atoms with Crippen molar-refractivity contribution in [1.29, 1.82) is 0 Å². The van der Waals surface area contributed by atoms with Gasteiger partial charge in [0.05, 0.1) is 24.6 Å². The van der Waals surface area contributed by atoms with Crippen molar-refractivity contribution in [3.8, 4) is 16.9 Å². The van der Waals surface area contributed by atoms with Crippen molar-refractivity contribution < 1.29 is 14.3 Å². The van der Waals surface area contributed by atoms with Crippen LogP contribution < -0.4 is 0 Å². The van der Waals surface area contributed by atoms with Crippen molar-refractivity contribution in [2.24, 2.45) is 0 Å². The third-order valence-corrected chi connectivity index (χ3v) is 5.14. The molecule has 2 aromatic carbocycles. The lowest BCUT2D eigenvalue weighted by Gasteiger charge is -2.25. The van der Waals surface area contributed by atoms with Crippen LogP contribution >= 0.6 is 11.6 Å². The fourth-order valence-corrected chi connectivity index (χ4v) is 3.40. The highest BCUT2D eigenvalue weighted by atomic mass is 35.5. The summed E-state index contributed by atoms with van der Waals surface area (Å²) in [6.07, 6.45) is 0. The van der Waals surface area contributed by atoms with Crippen LogP contribution in [0.3, 0.4) is 0 Å². The lowest BCUT2D eigenvalue weighted by Crippen LogP contribution is -2.40. The summed E-state index contributed by atoms with van der Waals surface area (Å²) in [6, 6.07) is 16.3. The molecule has 29 heavy (non-hydrogen) atoms. The zero-order chi connectivity index (χ0) is 20.4. The molecule has 1 aliphatic rings. The van der Waals surface area contributed by atoms with Gasteiger partial charge in [0.25, 0.3) is 5.91 Å². The predicted molar refractivity (Wildman–Crippen MR) is 111 cm³/mol. The molecule has 148 valence electrons. The number of Topliss-reactive ketones (excluding diaryl/α,β-unsaturated/α-hetero) is 1. The normalized spacial score (nSPS) is 14.1. The molecule has 6 nitrogen and oxygen atoms in total. The molecule has 1 amide bonds. The van der Waals surface area contributed by atoms with Crippen molar-refractivity contribution in [2.45, 2.75) is 6.92 Å². The molecule has 0 radical (unpaired) electrons. The Bertz CT molecular complexity index is 1040. The fourth-order valence-electron chi connectivity index (χ4n) is 3.27. The van der Waals surface area contributed by atoms with Crippen molar-refractivity contribution in [3.63, 3.8) is 0 Å². The van der Waals surface area contributed by atoms with E-state index in [1.165, 1.54) is 6.92 Å². The minimum atomic E-state index is -0.123. The highest BCUT2D eigenvalue weighted by Crippen LogP contribution is 2.26. The second kappa shape index (κ2) is 8.19. The molecule has 0 atom stereocenters. The van der Waals surface area contributed by atoms with Gasteiger partial charge in [-0.05, 0) is 49.4 Å². The molecule has 0 saturated carbocycles. The molecule has 4 rings (SSSR count). The van der Waals surface area contributed by atoms with Crippen LogP contribution in [0, 0.1) is 0 Å². The van der Waals surface area contributed by atoms with E-state index < -0.39 is 0 Å². The maximum absolute atomic E-state index is 13.0. The van der Waals surface area contributed by atoms with Gasteiger partial charge in [-0.2, -0.15) is 5.10 Å². The largest absolute Gasteiger partial charge is 0.378 e. The number of ether oxygens (including phenoxy) is 1. The monoisotopic (exact) mass is 409 g/mol. The SMILES string of the molecule is CC(=O)c1ccc(-n2nc(C(=O)N3CCOCC3)cc2-c2ccc(Cl)cc2)cc1. The molecule has 0 N–H and O–H groups in total. The average Bonchev–Trinajstić information content (AvgIpc) is 3.20. The molecule has 1 fully saturated rings. The summed E-state index contributed by atoms with van der Waals surface area (Å²) in [5.74, 6) is -0.124. The first-order valence-corrected chi connectivity index (χ1v) is 9.75. The number of nitrogens with zero attached hydrogens (tertiary/aromatic N) is 3. The second-order valence-electron chi connectivity index (χ2n) is 6.84. The number of amides is 1. The van der Waals surface area contributed by atoms with Gasteiger partial charge < -0.3 is 9.64 Å². The number of rotatable bonds is 4. The van der Waals surface area contributed by atoms with Crippen molar-refractivity contribution in [2.75, 3.05) is 26.3 Å². The lowest BCUT2D eigenvalue weighted by atomic mass is 10.1. The van der Waals surface area contributed by atoms with E-state index in [1.807, 2.05) is 24.3 Å². The van der Waals surface area contributed by atoms with Crippen molar-refractivity contribution in [3.05, 3.63) is 70.9 Å². The summed E-state index contributed by atoms with van der Waals surface area (Å²) in [5.41, 5.74) is 3.42. The average molecular weight is 410 g/mol. The topological polar surface area (TPSA) is 64.4 Å². The number of hydrogen-bond donors (Lipinski definition) is 0. The van der Waals surface area contributed by atoms with Gasteiger partial charge in [-0.3, -0.25) is 9.59 Å². The van der Waals surface area contributed by atoms with Crippen LogP contribution in [0.5, 0.6) is 0 Å². The maximum Gasteiger partial charge on any atom is 0.274 e. The van der Waals surface area contributed by atoms with E-state index in [-0.39, 0.29) is 11.7 Å². The maximum atomic E-state index is 13.0. The van der Waals surface area contributed by atoms with Gasteiger partial charge >= 0.3 is 0 Å². The molecule has 0 spiro atoms. The Balaban J connectivity index is 1.77. The van der Waals surface area contributed by atoms with Gasteiger partial charge in [-0.25, -0.2) is 4.68 Å². The zero-order valence-corrected chi connectivity index (χ0v) is 16.7. The quantitative estimate of drug-likeness (QED) is 0.613. The molecule has 1 saturated heterocycles. The van der Waals surface area contributed by atoms with Crippen LogP contribution in [-0.4, -0.2) is 52.7 Å². The number of halogens is 1. The van der Waals surface area contributed by atoms with Crippen LogP contribution in [0.25, 0.3) is 16.9 Å². The molecule has 1 aliphatic heterocycles. The number of ketones is 1. The molecule has 7 heteroatoms. The Labute approximate surface area is 173 Å². The van der Waals surface area contributed by atoms with Crippen LogP contribution in [0.4, 0.5) is 0 Å². The highest BCUT2D eigenvalue weighted by Gasteiger charge is 2.23. The molecule has 3 aromatic rings. The minimum absolute atomic E-state index is 0.00174. The Morgan fingerprint density at radius 1 is 1.00 bits per heavy atom. The van der Waals surface area contributed by atoms with Gasteiger partial charge in [0.15, 0.2) is 11.5 Å². The number of hydrogen-bond acceptors (Lipinski definition) is 4. The van der Waals surface area contributed by atoms with Crippen LogP contribution in [0.1, 0.15) is 27.8 Å². The predicted octanol–water partition coefficient (Wildman–Crippen LogP) is 3.87. The molecule has 2 heterocycles. The smallest absolute Gasteiger partial charge is 0.274 e. The lowest BCUT2D eigenvalue weighted by molar-refractivity contribution is 0.0298. The first-order chi connectivity index (χ1) is 14.0. The molecular formula is C22H20ClN3O3. The standard InChI is InChI=1S/C22H20ClN3O3/c1-15(27)16-4-8-19(9-5-16)26-21(17-2-6-18(23)7-3-17)14-20(24-26)22(28)25-10-12-29-13-11-25/h2-9,14H,10-13H2,1H3. The third kappa shape index (κ3) is 4.09. The Morgan fingerprint density at radius 2 is 1.66 bits per heavy atom. The molecular weight excluding hydrogens is 390 g/mol. The Morgan fingerprint density at radius 3 is 2.28 bits per heavy atom. The summed E-state index contributed by atoms with van der Waals surface area (Å²) in [5, 5.41) is 5.23. The minimum Gasteiger partial charge on any atom is -0.378 e. The first-order valence-electron chi connectivity index (χ1n) is 9.37. The number of aromatic nitrogens is 2. The van der Waals surface area contributed by atoms with Gasteiger partial charge in [-0.1, -0.05) is 23.7 Å². The fraction of sp³-hybridized carbons (Fsp3) is 0.227. The van der Waals surface area contributed by atoms with E-state index in [1.54, 1.807) is 39.9 Å². The Hall–Kier alpha value is -2.96. The summed E-state index contributed by atoms with van der Waals surface area (Å²) < 4.78 is 7.06. The van der Waals surface area contributed by atoms with Crippen LogP contribution in [0.2, 0.25) is 5.02 Å². The van der Waals surface area contributed by atoms with Gasteiger partial charge in [0.2, 0.25) is 0 Å². The third-order valence-electron chi connectivity index (χ3n) is 4.89.